The van der Waals surface area contributed by atoms with Gasteiger partial charge in [-0.05, 0) is 88.7 Å². The van der Waals surface area contributed by atoms with Gasteiger partial charge in [0.1, 0.15) is 42.3 Å². The van der Waals surface area contributed by atoms with Crippen LogP contribution in [0.4, 0.5) is 0 Å². The van der Waals surface area contributed by atoms with Crippen LogP contribution in [0.15, 0.2) is 40.4 Å². The molecule has 402 valence electrons. The molecule has 0 aliphatic carbocycles. The number of carboxylic acids is 1. The summed E-state index contributed by atoms with van der Waals surface area (Å²) in [6.07, 6.45) is 3.66. The lowest BCUT2D eigenvalue weighted by Gasteiger charge is -2.33. The van der Waals surface area contributed by atoms with Gasteiger partial charge in [0.05, 0.1) is 6.04 Å². The van der Waals surface area contributed by atoms with Crippen molar-refractivity contribution in [3.63, 3.8) is 0 Å². The summed E-state index contributed by atoms with van der Waals surface area (Å²) >= 11 is 0. The van der Waals surface area contributed by atoms with Crippen molar-refractivity contribution in [1.29, 1.82) is 0 Å². The Hall–Kier alpha value is -7.51. The van der Waals surface area contributed by atoms with E-state index in [0.29, 0.717) is 19.3 Å². The van der Waals surface area contributed by atoms with Gasteiger partial charge in [0.25, 0.3) is 0 Å². The quantitative estimate of drug-likeness (QED) is 0.0229. The van der Waals surface area contributed by atoms with E-state index in [9.17, 15) is 48.3 Å². The highest BCUT2D eigenvalue weighted by atomic mass is 16.4. The van der Waals surface area contributed by atoms with Crippen LogP contribution in [0, 0.1) is 5.92 Å². The number of nitrogens with two attached hydrogens (primary N) is 6. The van der Waals surface area contributed by atoms with Crippen molar-refractivity contribution < 1.29 is 48.3 Å². The Morgan fingerprint density at radius 3 is 1.90 bits per heavy atom. The smallest absolute Gasteiger partial charge is 0.326 e. The number of hydrogen-bond donors (Lipinski definition) is 13. The molecule has 9 atom stereocenters. The molecule has 0 spiro atoms. The van der Waals surface area contributed by atoms with Gasteiger partial charge in [-0.25, -0.2) is 4.79 Å². The summed E-state index contributed by atoms with van der Waals surface area (Å²) in [7, 11) is 0. The van der Waals surface area contributed by atoms with Crippen LogP contribution in [0.3, 0.4) is 0 Å². The number of para-hydroxylation sites is 1. The largest absolute Gasteiger partial charge is 0.480 e. The first-order valence-corrected chi connectivity index (χ1v) is 24.7. The van der Waals surface area contributed by atoms with Crippen LogP contribution in [0.1, 0.15) is 97.0 Å². The van der Waals surface area contributed by atoms with E-state index in [0.717, 1.165) is 16.5 Å². The topological polar surface area (TPSA) is 437 Å². The number of carbonyl (C=O) groups excluding carboxylic acids is 8. The molecule has 0 bridgehead atoms. The van der Waals surface area contributed by atoms with E-state index in [4.69, 9.17) is 34.4 Å². The van der Waals surface area contributed by atoms with Crippen molar-refractivity contribution in [1.82, 2.24) is 41.4 Å². The zero-order valence-corrected chi connectivity index (χ0v) is 41.8. The first-order valence-electron chi connectivity index (χ1n) is 24.7. The van der Waals surface area contributed by atoms with E-state index in [1.165, 1.54) is 16.7 Å². The fraction of sp³-hybridized carbons (Fsp3) is 0.596. The molecule has 2 saturated heterocycles. The molecule has 8 amide bonds. The summed E-state index contributed by atoms with van der Waals surface area (Å²) in [6, 6.07) is -1.96. The maximum absolute atomic E-state index is 14.4. The van der Waals surface area contributed by atoms with Crippen molar-refractivity contribution in [3.8, 4) is 0 Å². The van der Waals surface area contributed by atoms with Gasteiger partial charge in [-0.15, -0.1) is 0 Å². The lowest BCUT2D eigenvalue weighted by molar-refractivity contribution is -0.148. The normalized spacial score (nSPS) is 18.2. The Kier molecular flexibility index (Phi) is 22.2. The second-order valence-electron chi connectivity index (χ2n) is 18.6. The van der Waals surface area contributed by atoms with Gasteiger partial charge in [-0.1, -0.05) is 38.5 Å². The lowest BCUT2D eigenvalue weighted by Crippen LogP contribution is -2.59. The maximum Gasteiger partial charge on any atom is 0.326 e. The summed E-state index contributed by atoms with van der Waals surface area (Å²) in [5.74, 6) is -7.61. The van der Waals surface area contributed by atoms with E-state index in [-0.39, 0.29) is 95.9 Å². The molecule has 2 aromatic rings. The Morgan fingerprint density at radius 2 is 1.30 bits per heavy atom. The molecule has 0 unspecified atom stereocenters. The number of aromatic nitrogens is 1. The minimum Gasteiger partial charge on any atom is -0.480 e. The Morgan fingerprint density at radius 1 is 0.726 bits per heavy atom. The van der Waals surface area contributed by atoms with Crippen LogP contribution in [0.5, 0.6) is 0 Å². The highest BCUT2D eigenvalue weighted by Crippen LogP contribution is 2.27. The molecule has 19 N–H and O–H groups in total. The predicted molar refractivity (Wildman–Crippen MR) is 270 cm³/mol. The highest BCUT2D eigenvalue weighted by Gasteiger charge is 2.44. The van der Waals surface area contributed by atoms with E-state index in [1.54, 1.807) is 20.0 Å². The fourth-order valence-corrected chi connectivity index (χ4v) is 8.86. The number of carbonyl (C=O) groups is 9. The third-order valence-electron chi connectivity index (χ3n) is 13.1. The fourth-order valence-electron chi connectivity index (χ4n) is 8.86. The third-order valence-corrected chi connectivity index (χ3v) is 13.1. The van der Waals surface area contributed by atoms with Crippen molar-refractivity contribution in [2.45, 2.75) is 146 Å². The highest BCUT2D eigenvalue weighted by molar-refractivity contribution is 5.98. The van der Waals surface area contributed by atoms with E-state index >= 15 is 0 Å². The first kappa shape index (κ1) is 58.1. The molecule has 4 rings (SSSR count). The number of H-pyrrole nitrogens is 1. The van der Waals surface area contributed by atoms with Crippen LogP contribution >= 0.6 is 0 Å². The van der Waals surface area contributed by atoms with E-state index in [1.807, 2.05) is 24.3 Å². The van der Waals surface area contributed by atoms with Crippen LogP contribution in [0.25, 0.3) is 10.9 Å². The molecule has 2 fully saturated rings. The Labute approximate surface area is 423 Å². The second-order valence-corrected chi connectivity index (χ2v) is 18.6. The number of benzene rings is 1. The average Bonchev–Trinajstić information content (AvgIpc) is 4.14. The number of nitrogens with one attached hydrogen (secondary N) is 6. The van der Waals surface area contributed by atoms with Gasteiger partial charge in [0.15, 0.2) is 11.9 Å². The molecule has 2 aliphatic rings. The number of hydrogen-bond acceptors (Lipinski definition) is 12. The number of amides is 8. The molecular formula is C47H74N16O10. The molecule has 1 aromatic carbocycles. The first-order chi connectivity index (χ1) is 34.6. The molecule has 2 aliphatic heterocycles. The third kappa shape index (κ3) is 17.1. The minimum absolute atomic E-state index is 0.00295. The number of aliphatic carboxylic acids is 1. The van der Waals surface area contributed by atoms with E-state index < -0.39 is 107 Å². The van der Waals surface area contributed by atoms with Gasteiger partial charge < -0.3 is 80.9 Å². The van der Waals surface area contributed by atoms with Crippen LogP contribution in [-0.4, -0.2) is 160 Å². The molecule has 1 aromatic heterocycles. The van der Waals surface area contributed by atoms with Crippen molar-refractivity contribution in [2.24, 2.45) is 50.3 Å². The minimum atomic E-state index is -1.29. The van der Waals surface area contributed by atoms with Gasteiger partial charge in [-0.2, -0.15) is 0 Å². The second kappa shape index (κ2) is 27.9. The summed E-state index contributed by atoms with van der Waals surface area (Å²) in [5, 5.41) is 23.7. The number of nitrogens with zero attached hydrogens (tertiary/aromatic N) is 4. The molecule has 0 saturated carbocycles. The van der Waals surface area contributed by atoms with Crippen molar-refractivity contribution in [3.05, 3.63) is 36.0 Å². The van der Waals surface area contributed by atoms with Crippen molar-refractivity contribution in [2.75, 3.05) is 26.2 Å². The summed E-state index contributed by atoms with van der Waals surface area (Å²) in [4.78, 5) is 135. The molecule has 26 nitrogen and oxygen atoms in total. The van der Waals surface area contributed by atoms with Crippen molar-refractivity contribution >= 4 is 76.0 Å². The molecule has 3 heterocycles. The predicted octanol–water partition coefficient (Wildman–Crippen LogP) is -3.03. The molecule has 26 heteroatoms. The zero-order valence-electron chi connectivity index (χ0n) is 41.8. The number of likely N-dealkylation sites (tertiary alicyclic amines) is 2. The summed E-state index contributed by atoms with van der Waals surface area (Å²) in [5.41, 5.74) is 35.3. The number of aliphatic imine (C=N–C) groups is 2. The van der Waals surface area contributed by atoms with Gasteiger partial charge >= 0.3 is 5.97 Å². The zero-order chi connectivity index (χ0) is 53.9. The Balaban J connectivity index is 1.46. The maximum atomic E-state index is 14.4. The molecule has 73 heavy (non-hydrogen) atoms. The summed E-state index contributed by atoms with van der Waals surface area (Å²) < 4.78 is 0. The number of rotatable bonds is 28. The van der Waals surface area contributed by atoms with Crippen LogP contribution < -0.4 is 61.0 Å². The van der Waals surface area contributed by atoms with Gasteiger partial charge in [0, 0.05) is 49.7 Å². The monoisotopic (exact) mass is 1020 g/mol. The average molecular weight is 1020 g/mol. The SMILES string of the molecule is CC[C@H](C)[C@H](NC(=O)[C@H](CCCN=C(N)N)NC(=O)[C@H](C)NC(=O)[C@H](CCCN=C(N)N)NC(=O)[C@@H]1CCCN1C(=O)[C@@H]1CCCN1C(=O)[C@H](CCC(N)=O)NC(=O)[C@@H](N)Cc1c[nH]c2ccccc12)C(=O)O. The van der Waals surface area contributed by atoms with Crippen LogP contribution in [-0.2, 0) is 49.6 Å². The lowest BCUT2D eigenvalue weighted by atomic mass is 9.98. The standard InChI is InChI=1S/C47H74N16O10/c1-4-25(2)37(45(72)73)61-41(68)32(14-8-20-55-47(52)53)58-38(65)26(3)57-40(67)31(13-7-19-54-46(50)51)59-42(69)34-15-9-21-62(34)44(71)35-16-10-22-63(35)43(70)33(17-18-36(49)64)60-39(66)29(48)23-27-24-56-30-12-6-5-11-28(27)30/h5-6,11-12,24-26,29,31-35,37,56H,4,7-10,13-23,48H2,1-3H3,(H2,49,64)(H,57,67)(H,58,65)(H,59,69)(H,60,66)(H,61,68)(H,72,73)(H4,50,51,54)(H4,52,53,55)/t25-,26-,29-,31-,32-,33-,34-,35-,37-/m0/s1. The number of guanidine groups is 2. The van der Waals surface area contributed by atoms with Gasteiger partial charge in [0.2, 0.25) is 47.3 Å². The van der Waals surface area contributed by atoms with E-state index in [2.05, 4.69) is 41.6 Å². The number of carboxylic acid groups (broad SMARTS) is 1. The molecular weight excluding hydrogens is 949 g/mol. The summed E-state index contributed by atoms with van der Waals surface area (Å²) in [6.45, 7) is 5.28. The number of aromatic amines is 1. The van der Waals surface area contributed by atoms with Crippen LogP contribution in [0.2, 0.25) is 0 Å². The molecule has 0 radical (unpaired) electrons. The number of fused-ring (bicyclic) bond motifs is 1. The Bertz CT molecular complexity index is 2350. The van der Waals surface area contributed by atoms with Gasteiger partial charge in [-0.3, -0.25) is 48.3 Å². The number of primary amides is 1.